The molecule has 2 N–H and O–H groups in total. The summed E-state index contributed by atoms with van der Waals surface area (Å²) in [5, 5.41) is 7.65. The second-order valence-electron chi connectivity index (χ2n) is 6.75. The van der Waals surface area contributed by atoms with E-state index in [0.29, 0.717) is 6.54 Å². The van der Waals surface area contributed by atoms with Crippen LogP contribution in [-0.4, -0.2) is 61.5 Å². The fraction of sp³-hybridized carbons (Fsp3) is 0.474. The van der Waals surface area contributed by atoms with Gasteiger partial charge in [-0.25, -0.2) is 0 Å². The van der Waals surface area contributed by atoms with E-state index in [4.69, 9.17) is 4.84 Å². The van der Waals surface area contributed by atoms with Crippen LogP contribution in [0.15, 0.2) is 24.5 Å². The number of hydroxylamine groups is 2. The van der Waals surface area contributed by atoms with Crippen LogP contribution in [0.3, 0.4) is 0 Å². The lowest BCUT2D eigenvalue weighted by Crippen LogP contribution is -2.47. The van der Waals surface area contributed by atoms with Gasteiger partial charge in [-0.15, -0.1) is 5.06 Å². The Balaban J connectivity index is 1.87. The van der Waals surface area contributed by atoms with Crippen molar-refractivity contribution >= 4 is 17.4 Å². The topological polar surface area (TPSA) is 73.9 Å². The monoisotopic (exact) mass is 358 g/mol. The van der Waals surface area contributed by atoms with Gasteiger partial charge in [-0.3, -0.25) is 9.59 Å². The summed E-state index contributed by atoms with van der Waals surface area (Å²) in [6.07, 6.45) is 2.55. The van der Waals surface area contributed by atoms with Gasteiger partial charge in [0.05, 0.1) is 0 Å². The number of carbonyl (C=O) groups excluding carboxylic acids is 2. The molecule has 1 aromatic carbocycles. The SMILES string of the molecule is CCNC(=O)C1C(c2ccc3c(c2)CCNC3)=CON1CC(=O)N(C)C. The Labute approximate surface area is 153 Å². The van der Waals surface area contributed by atoms with E-state index in [-0.39, 0.29) is 18.4 Å². The number of fused-ring (bicyclic) bond motifs is 1. The molecular formula is C19H26N4O3. The Kier molecular flexibility index (Phi) is 5.58. The average Bonchev–Trinajstić information content (AvgIpc) is 3.05. The van der Waals surface area contributed by atoms with E-state index < -0.39 is 6.04 Å². The number of nitrogens with zero attached hydrogens (tertiary/aromatic N) is 2. The third kappa shape index (κ3) is 3.73. The zero-order chi connectivity index (χ0) is 18.7. The molecule has 1 aromatic rings. The molecule has 7 heteroatoms. The summed E-state index contributed by atoms with van der Waals surface area (Å²) in [5.74, 6) is -0.285. The Bertz CT molecular complexity index is 729. The van der Waals surface area contributed by atoms with Gasteiger partial charge in [0.2, 0.25) is 11.8 Å². The van der Waals surface area contributed by atoms with Crippen LogP contribution < -0.4 is 10.6 Å². The molecule has 0 fully saturated rings. The molecule has 26 heavy (non-hydrogen) atoms. The highest BCUT2D eigenvalue weighted by Crippen LogP contribution is 2.31. The van der Waals surface area contributed by atoms with Crippen LogP contribution in [0.5, 0.6) is 0 Å². The third-order valence-electron chi connectivity index (χ3n) is 4.71. The number of likely N-dealkylation sites (N-methyl/N-ethyl adjacent to an activating group) is 2. The zero-order valence-electron chi connectivity index (χ0n) is 15.5. The summed E-state index contributed by atoms with van der Waals surface area (Å²) in [6.45, 7) is 4.24. The number of carbonyl (C=O) groups is 2. The maximum absolute atomic E-state index is 12.7. The van der Waals surface area contributed by atoms with Crippen LogP contribution >= 0.6 is 0 Å². The standard InChI is InChI=1S/C19H26N4O3/c1-4-21-19(25)18-16(12-26-23(18)11-17(24)22(2)3)14-5-6-15-10-20-8-7-13(15)9-14/h5-6,9,12,18,20H,4,7-8,10-11H2,1-3H3,(H,21,25). The van der Waals surface area contributed by atoms with Crippen molar-refractivity contribution in [1.29, 1.82) is 0 Å². The average molecular weight is 358 g/mol. The normalized spacial score (nSPS) is 19.3. The van der Waals surface area contributed by atoms with E-state index >= 15 is 0 Å². The van der Waals surface area contributed by atoms with Gasteiger partial charge >= 0.3 is 0 Å². The summed E-state index contributed by atoms with van der Waals surface area (Å²) < 4.78 is 0. The number of benzene rings is 1. The van der Waals surface area contributed by atoms with E-state index in [1.54, 1.807) is 20.4 Å². The maximum atomic E-state index is 12.7. The first-order valence-electron chi connectivity index (χ1n) is 8.95. The molecule has 2 aliphatic rings. The van der Waals surface area contributed by atoms with Gasteiger partial charge in [0.1, 0.15) is 12.8 Å². The molecule has 140 valence electrons. The van der Waals surface area contributed by atoms with Gasteiger partial charge in [-0.05, 0) is 36.6 Å². The molecule has 2 aliphatic heterocycles. The molecule has 0 aliphatic carbocycles. The zero-order valence-corrected chi connectivity index (χ0v) is 15.5. The summed E-state index contributed by atoms with van der Waals surface area (Å²) in [6, 6.07) is 5.61. The van der Waals surface area contributed by atoms with E-state index in [2.05, 4.69) is 22.8 Å². The minimum absolute atomic E-state index is 0.0175. The molecule has 0 bridgehead atoms. The van der Waals surface area contributed by atoms with Crippen molar-refractivity contribution in [3.05, 3.63) is 41.2 Å². The van der Waals surface area contributed by atoms with E-state index in [0.717, 1.165) is 30.6 Å². The lowest BCUT2D eigenvalue weighted by Gasteiger charge is -2.25. The molecule has 3 rings (SSSR count). The second-order valence-corrected chi connectivity index (χ2v) is 6.75. The fourth-order valence-corrected chi connectivity index (χ4v) is 3.23. The summed E-state index contributed by atoms with van der Waals surface area (Å²) in [5.41, 5.74) is 4.32. The molecule has 2 heterocycles. The van der Waals surface area contributed by atoms with Crippen LogP contribution in [-0.2, 0) is 27.4 Å². The van der Waals surface area contributed by atoms with Crippen molar-refractivity contribution in [2.75, 3.05) is 33.7 Å². The highest BCUT2D eigenvalue weighted by molar-refractivity contribution is 5.96. The van der Waals surface area contributed by atoms with E-state index in [9.17, 15) is 9.59 Å². The Hall–Kier alpha value is -2.38. The number of hydrogen-bond donors (Lipinski definition) is 2. The second kappa shape index (κ2) is 7.88. The van der Waals surface area contributed by atoms with Crippen molar-refractivity contribution in [3.8, 4) is 0 Å². The number of hydrogen-bond acceptors (Lipinski definition) is 5. The largest absolute Gasteiger partial charge is 0.412 e. The van der Waals surface area contributed by atoms with E-state index in [1.165, 1.54) is 21.1 Å². The highest BCUT2D eigenvalue weighted by Gasteiger charge is 2.38. The van der Waals surface area contributed by atoms with Gasteiger partial charge in [0, 0.05) is 32.8 Å². The predicted octanol–water partition coefficient (Wildman–Crippen LogP) is 0.513. The van der Waals surface area contributed by atoms with Crippen LogP contribution in [0, 0.1) is 0 Å². The highest BCUT2D eigenvalue weighted by atomic mass is 16.7. The molecule has 1 atom stereocenters. The quantitative estimate of drug-likeness (QED) is 0.803. The van der Waals surface area contributed by atoms with Gasteiger partial charge in [-0.1, -0.05) is 18.2 Å². The smallest absolute Gasteiger partial charge is 0.245 e. The van der Waals surface area contributed by atoms with Gasteiger partial charge in [0.15, 0.2) is 6.04 Å². The van der Waals surface area contributed by atoms with Crippen molar-refractivity contribution in [2.45, 2.75) is 25.9 Å². The Morgan fingerprint density at radius 2 is 2.15 bits per heavy atom. The van der Waals surface area contributed by atoms with Crippen molar-refractivity contribution in [1.82, 2.24) is 20.6 Å². The fourth-order valence-electron chi connectivity index (χ4n) is 3.23. The van der Waals surface area contributed by atoms with Gasteiger partial charge < -0.3 is 20.4 Å². The molecule has 0 spiro atoms. The molecule has 0 radical (unpaired) electrons. The number of amides is 2. The number of nitrogens with one attached hydrogen (secondary N) is 2. The molecule has 0 aromatic heterocycles. The van der Waals surface area contributed by atoms with Crippen molar-refractivity contribution in [2.24, 2.45) is 0 Å². The first kappa shape index (κ1) is 18.4. The maximum Gasteiger partial charge on any atom is 0.245 e. The lowest BCUT2D eigenvalue weighted by atomic mass is 9.92. The summed E-state index contributed by atoms with van der Waals surface area (Å²) in [7, 11) is 3.37. The van der Waals surface area contributed by atoms with Crippen LogP contribution in [0.4, 0.5) is 0 Å². The molecule has 0 saturated carbocycles. The third-order valence-corrected chi connectivity index (χ3v) is 4.71. The molecule has 1 unspecified atom stereocenters. The van der Waals surface area contributed by atoms with Gasteiger partial charge in [0.25, 0.3) is 0 Å². The molecule has 0 saturated heterocycles. The molecule has 2 amide bonds. The lowest BCUT2D eigenvalue weighted by molar-refractivity contribution is -0.154. The van der Waals surface area contributed by atoms with Crippen LogP contribution in [0.1, 0.15) is 23.6 Å². The van der Waals surface area contributed by atoms with Crippen molar-refractivity contribution in [3.63, 3.8) is 0 Å². The first-order valence-corrected chi connectivity index (χ1v) is 8.95. The summed E-state index contributed by atoms with van der Waals surface area (Å²) in [4.78, 5) is 31.9. The number of rotatable bonds is 5. The molecular weight excluding hydrogens is 332 g/mol. The molecule has 7 nitrogen and oxygen atoms in total. The Morgan fingerprint density at radius 3 is 2.88 bits per heavy atom. The van der Waals surface area contributed by atoms with E-state index in [1.807, 2.05) is 13.0 Å². The first-order chi connectivity index (χ1) is 12.5. The van der Waals surface area contributed by atoms with Crippen molar-refractivity contribution < 1.29 is 14.4 Å². The Morgan fingerprint density at radius 1 is 1.35 bits per heavy atom. The summed E-state index contributed by atoms with van der Waals surface area (Å²) >= 11 is 0. The van der Waals surface area contributed by atoms with Crippen LogP contribution in [0.2, 0.25) is 0 Å². The van der Waals surface area contributed by atoms with Crippen LogP contribution in [0.25, 0.3) is 5.57 Å². The minimum Gasteiger partial charge on any atom is -0.412 e. The van der Waals surface area contributed by atoms with Gasteiger partial charge in [-0.2, -0.15) is 0 Å². The minimum atomic E-state index is -0.640. The predicted molar refractivity (Wildman–Crippen MR) is 98.8 cm³/mol.